The zero-order valence-electron chi connectivity index (χ0n) is 5.10. The molecular formula is C3H6BCl2NS2. The molecule has 0 rings (SSSR count). The van der Waals surface area contributed by atoms with Gasteiger partial charge in [0.05, 0.1) is 0 Å². The van der Waals surface area contributed by atoms with E-state index in [0.717, 1.165) is 0 Å². The summed E-state index contributed by atoms with van der Waals surface area (Å²) in [6.07, 6.45) is 0. The van der Waals surface area contributed by atoms with Gasteiger partial charge in [0, 0.05) is 14.1 Å². The number of hydrogen-bond acceptors (Lipinski definition) is 2. The van der Waals surface area contributed by atoms with Crippen LogP contribution in [-0.2, 0) is 0 Å². The third-order valence-electron chi connectivity index (χ3n) is 0.555. The predicted octanol–water partition coefficient (Wildman–Crippen LogP) is 2.03. The molecule has 0 amide bonds. The van der Waals surface area contributed by atoms with Crippen molar-refractivity contribution >= 4 is 55.9 Å². The van der Waals surface area contributed by atoms with Gasteiger partial charge in [-0.2, -0.15) is 22.9 Å². The molecule has 0 N–H and O–H groups in total. The standard InChI is InChI=1S/C3H6BCl2NS2/c1-7(2)3(8)9-4(5)6/h1-2H3. The fourth-order valence-electron chi connectivity index (χ4n) is 0.182. The number of hydrogen-bond donors (Lipinski definition) is 0. The minimum atomic E-state index is -0.458. The van der Waals surface area contributed by atoms with E-state index in [1.165, 1.54) is 11.6 Å². The minimum Gasteiger partial charge on any atom is -0.364 e. The molecule has 0 aliphatic heterocycles. The normalized spacial score (nSPS) is 8.89. The molecule has 0 bridgehead atoms. The van der Waals surface area contributed by atoms with Gasteiger partial charge in [0.1, 0.15) is 4.32 Å². The summed E-state index contributed by atoms with van der Waals surface area (Å²) in [5.74, 6) is 0. The zero-order chi connectivity index (χ0) is 7.44. The number of halogens is 2. The highest BCUT2D eigenvalue weighted by Gasteiger charge is 2.10. The molecule has 0 aliphatic carbocycles. The molecule has 0 aromatic rings. The summed E-state index contributed by atoms with van der Waals surface area (Å²) >= 11 is 17.0. The average Bonchev–Trinajstić information content (AvgIpc) is 1.63. The summed E-state index contributed by atoms with van der Waals surface area (Å²) in [5.41, 5.74) is 0. The minimum absolute atomic E-state index is 0.458. The van der Waals surface area contributed by atoms with Crippen molar-refractivity contribution in [1.82, 2.24) is 4.90 Å². The first-order valence-electron chi connectivity index (χ1n) is 2.20. The summed E-state index contributed by atoms with van der Waals surface area (Å²) in [6.45, 7) is 0. The maximum Gasteiger partial charge on any atom is 0.420 e. The molecule has 0 aromatic heterocycles. The van der Waals surface area contributed by atoms with Gasteiger partial charge < -0.3 is 4.90 Å². The number of nitrogens with zero attached hydrogens (tertiary/aromatic N) is 1. The van der Waals surface area contributed by atoms with Gasteiger partial charge in [-0.3, -0.25) is 0 Å². The fraction of sp³-hybridized carbons (Fsp3) is 0.667. The molecule has 0 atom stereocenters. The summed E-state index contributed by atoms with van der Waals surface area (Å²) in [6, 6.07) is 0. The smallest absolute Gasteiger partial charge is 0.364 e. The quantitative estimate of drug-likeness (QED) is 0.473. The molecule has 0 saturated heterocycles. The lowest BCUT2D eigenvalue weighted by molar-refractivity contribution is 0.648. The summed E-state index contributed by atoms with van der Waals surface area (Å²) in [7, 11) is 3.71. The molecule has 6 heteroatoms. The monoisotopic (exact) mass is 201 g/mol. The number of rotatable bonds is 1. The average molecular weight is 202 g/mol. The van der Waals surface area contributed by atoms with Gasteiger partial charge in [-0.1, -0.05) is 12.2 Å². The van der Waals surface area contributed by atoms with Crippen molar-refractivity contribution in [2.75, 3.05) is 14.1 Å². The molecular weight excluding hydrogens is 196 g/mol. The van der Waals surface area contributed by atoms with Crippen LogP contribution >= 0.6 is 46.8 Å². The Balaban J connectivity index is 3.51. The first kappa shape index (κ1) is 9.88. The second-order valence-corrected chi connectivity index (χ2v) is 4.89. The molecule has 0 spiro atoms. The highest BCUT2D eigenvalue weighted by Crippen LogP contribution is 2.17. The van der Waals surface area contributed by atoms with Crippen LogP contribution in [0.4, 0.5) is 0 Å². The Kier molecular flexibility index (Phi) is 5.12. The van der Waals surface area contributed by atoms with Crippen LogP contribution < -0.4 is 0 Å². The molecule has 1 nitrogen and oxygen atoms in total. The van der Waals surface area contributed by atoms with E-state index in [-0.39, 0.29) is 0 Å². The molecule has 0 radical (unpaired) electrons. The number of thiocarbonyl (C=S) groups is 1. The van der Waals surface area contributed by atoms with E-state index in [1.54, 1.807) is 4.90 Å². The summed E-state index contributed by atoms with van der Waals surface area (Å²) in [5, 5.41) is 0. The Bertz CT molecular complexity index is 108. The Morgan fingerprint density at radius 2 is 2.00 bits per heavy atom. The van der Waals surface area contributed by atoms with E-state index < -0.39 is 4.82 Å². The summed E-state index contributed by atoms with van der Waals surface area (Å²) in [4.78, 5) is 1.33. The van der Waals surface area contributed by atoms with E-state index in [1.807, 2.05) is 14.1 Å². The molecule has 0 heterocycles. The van der Waals surface area contributed by atoms with Crippen LogP contribution in [0.2, 0.25) is 0 Å². The van der Waals surface area contributed by atoms with Crippen molar-refractivity contribution < 1.29 is 0 Å². The molecule has 52 valence electrons. The van der Waals surface area contributed by atoms with Crippen molar-refractivity contribution in [3.8, 4) is 0 Å². The largest absolute Gasteiger partial charge is 0.420 e. The van der Waals surface area contributed by atoms with Crippen molar-refractivity contribution in [2.24, 2.45) is 0 Å². The Labute approximate surface area is 74.9 Å². The van der Waals surface area contributed by atoms with Crippen LogP contribution in [0.1, 0.15) is 0 Å². The van der Waals surface area contributed by atoms with Crippen LogP contribution in [0.5, 0.6) is 0 Å². The van der Waals surface area contributed by atoms with E-state index in [0.29, 0.717) is 4.32 Å². The van der Waals surface area contributed by atoms with Gasteiger partial charge in [-0.15, -0.1) is 11.6 Å². The molecule has 0 aromatic carbocycles. The highest BCUT2D eigenvalue weighted by atomic mass is 35.5. The maximum absolute atomic E-state index is 5.43. The lowest BCUT2D eigenvalue weighted by Crippen LogP contribution is -2.17. The molecule has 0 aliphatic rings. The second kappa shape index (κ2) is 4.66. The van der Waals surface area contributed by atoms with Crippen molar-refractivity contribution in [1.29, 1.82) is 0 Å². The molecule has 0 unspecified atom stereocenters. The van der Waals surface area contributed by atoms with Gasteiger partial charge in [-0.05, 0) is 0 Å². The van der Waals surface area contributed by atoms with Gasteiger partial charge in [0.25, 0.3) is 0 Å². The van der Waals surface area contributed by atoms with Crippen LogP contribution in [0.25, 0.3) is 0 Å². The fourth-order valence-corrected chi connectivity index (χ4v) is 1.66. The van der Waals surface area contributed by atoms with Crippen LogP contribution in [0.3, 0.4) is 0 Å². The SMILES string of the molecule is CN(C)C(=S)SB(Cl)Cl. The lowest BCUT2D eigenvalue weighted by Gasteiger charge is -2.11. The molecule has 0 saturated carbocycles. The Morgan fingerprint density at radius 3 is 2.11 bits per heavy atom. The first-order valence-corrected chi connectivity index (χ1v) is 4.36. The third kappa shape index (κ3) is 5.34. The van der Waals surface area contributed by atoms with Crippen LogP contribution in [-0.4, -0.2) is 28.1 Å². The lowest BCUT2D eigenvalue weighted by atomic mass is 10.7. The summed E-state index contributed by atoms with van der Waals surface area (Å²) < 4.78 is 0.699. The highest BCUT2D eigenvalue weighted by molar-refractivity contribution is 8.47. The second-order valence-electron chi connectivity index (χ2n) is 1.54. The van der Waals surface area contributed by atoms with Crippen molar-refractivity contribution in [2.45, 2.75) is 0 Å². The van der Waals surface area contributed by atoms with E-state index in [4.69, 9.17) is 35.1 Å². The Morgan fingerprint density at radius 1 is 1.56 bits per heavy atom. The van der Waals surface area contributed by atoms with Gasteiger partial charge in [0.2, 0.25) is 0 Å². The van der Waals surface area contributed by atoms with Crippen molar-refractivity contribution in [3.63, 3.8) is 0 Å². The third-order valence-corrected chi connectivity index (χ3v) is 2.49. The maximum atomic E-state index is 5.43. The van der Waals surface area contributed by atoms with Crippen molar-refractivity contribution in [3.05, 3.63) is 0 Å². The topological polar surface area (TPSA) is 3.24 Å². The van der Waals surface area contributed by atoms with Gasteiger partial charge in [0.15, 0.2) is 0 Å². The zero-order valence-corrected chi connectivity index (χ0v) is 8.24. The first-order chi connectivity index (χ1) is 4.04. The van der Waals surface area contributed by atoms with E-state index in [2.05, 4.69) is 0 Å². The molecule has 0 fully saturated rings. The van der Waals surface area contributed by atoms with Crippen LogP contribution in [0.15, 0.2) is 0 Å². The predicted molar refractivity (Wildman–Crippen MR) is 51.3 cm³/mol. The Hall–Kier alpha value is 0.885. The molecule has 9 heavy (non-hydrogen) atoms. The van der Waals surface area contributed by atoms with Crippen LogP contribution in [0, 0.1) is 0 Å². The van der Waals surface area contributed by atoms with Gasteiger partial charge in [-0.25, -0.2) is 0 Å². The van der Waals surface area contributed by atoms with E-state index >= 15 is 0 Å². The van der Waals surface area contributed by atoms with Gasteiger partial charge >= 0.3 is 4.82 Å². The van der Waals surface area contributed by atoms with E-state index in [9.17, 15) is 0 Å².